The van der Waals surface area contributed by atoms with Gasteiger partial charge in [0, 0.05) is 43.2 Å². The van der Waals surface area contributed by atoms with E-state index in [4.69, 9.17) is 15.2 Å². The van der Waals surface area contributed by atoms with Crippen LogP contribution in [0.25, 0.3) is 11.1 Å². The maximum Gasteiger partial charge on any atom is 0.183 e. The zero-order valence-electron chi connectivity index (χ0n) is 16.0. The SMILES string of the molecule is Nc1cc(F)c(-c2cc(N3CCOCC3)cc(S(=O)(=O)[C@@H]3CCCOC3)c2)cn1. The fraction of sp³-hybridized carbons (Fsp3) is 0.450. The molecule has 2 saturated heterocycles. The lowest BCUT2D eigenvalue weighted by Crippen LogP contribution is -2.36. The molecule has 1 atom stereocenters. The second kappa shape index (κ2) is 8.25. The fourth-order valence-corrected chi connectivity index (χ4v) is 5.43. The minimum absolute atomic E-state index is 0.0720. The molecule has 1 aromatic heterocycles. The zero-order valence-corrected chi connectivity index (χ0v) is 16.8. The van der Waals surface area contributed by atoms with E-state index in [0.29, 0.717) is 51.3 Å². The van der Waals surface area contributed by atoms with Gasteiger partial charge in [-0.3, -0.25) is 0 Å². The molecule has 4 rings (SSSR count). The molecule has 0 spiro atoms. The van der Waals surface area contributed by atoms with Gasteiger partial charge in [0.1, 0.15) is 11.6 Å². The Balaban J connectivity index is 1.81. The molecular weight excluding hydrogens is 397 g/mol. The lowest BCUT2D eigenvalue weighted by molar-refractivity contribution is 0.0991. The highest BCUT2D eigenvalue weighted by molar-refractivity contribution is 7.92. The first kappa shape index (κ1) is 20.1. The molecule has 2 aliphatic heterocycles. The molecule has 0 saturated carbocycles. The van der Waals surface area contributed by atoms with Crippen molar-refractivity contribution in [1.29, 1.82) is 0 Å². The summed E-state index contributed by atoms with van der Waals surface area (Å²) in [6, 6.07) is 6.11. The molecule has 0 radical (unpaired) electrons. The van der Waals surface area contributed by atoms with E-state index >= 15 is 0 Å². The number of anilines is 2. The summed E-state index contributed by atoms with van der Waals surface area (Å²) >= 11 is 0. The highest BCUT2D eigenvalue weighted by Gasteiger charge is 2.31. The number of nitrogen functional groups attached to an aromatic ring is 1. The molecule has 2 fully saturated rings. The van der Waals surface area contributed by atoms with Crippen LogP contribution in [-0.4, -0.2) is 58.2 Å². The van der Waals surface area contributed by atoms with Gasteiger partial charge in [-0.25, -0.2) is 17.8 Å². The third-order valence-electron chi connectivity index (χ3n) is 5.34. The molecule has 2 N–H and O–H groups in total. The highest BCUT2D eigenvalue weighted by atomic mass is 32.2. The van der Waals surface area contributed by atoms with Crippen LogP contribution in [0.4, 0.5) is 15.9 Å². The monoisotopic (exact) mass is 421 g/mol. The predicted octanol–water partition coefficient (Wildman–Crippen LogP) is 2.26. The van der Waals surface area contributed by atoms with Crippen LogP contribution in [-0.2, 0) is 19.3 Å². The van der Waals surface area contributed by atoms with Gasteiger partial charge < -0.3 is 20.1 Å². The first-order chi connectivity index (χ1) is 13.9. The average molecular weight is 421 g/mol. The number of rotatable bonds is 4. The summed E-state index contributed by atoms with van der Waals surface area (Å²) in [5.74, 6) is -0.469. The molecule has 2 aromatic rings. The lowest BCUT2D eigenvalue weighted by atomic mass is 10.1. The predicted molar refractivity (Wildman–Crippen MR) is 108 cm³/mol. The number of hydrogen-bond donors (Lipinski definition) is 1. The van der Waals surface area contributed by atoms with Crippen molar-refractivity contribution < 1.29 is 22.3 Å². The van der Waals surface area contributed by atoms with Crippen LogP contribution < -0.4 is 10.6 Å². The van der Waals surface area contributed by atoms with Crippen LogP contribution in [0, 0.1) is 5.82 Å². The Morgan fingerprint density at radius 3 is 2.59 bits per heavy atom. The minimum atomic E-state index is -3.63. The first-order valence-electron chi connectivity index (χ1n) is 9.66. The molecular formula is C20H24FN3O4S. The number of morpholine rings is 1. The largest absolute Gasteiger partial charge is 0.384 e. The third-order valence-corrected chi connectivity index (χ3v) is 7.48. The maximum absolute atomic E-state index is 14.6. The number of nitrogens with two attached hydrogens (primary N) is 1. The standard InChI is InChI=1S/C20H24FN3O4S/c21-19-11-20(22)23-12-18(19)14-8-15(24-3-6-27-7-4-24)10-17(9-14)29(25,26)16-2-1-5-28-13-16/h8-12,16H,1-7,13H2,(H2,22,23)/t16-/m1/s1. The average Bonchev–Trinajstić information content (AvgIpc) is 2.74. The molecule has 7 nitrogen and oxygen atoms in total. The summed E-state index contributed by atoms with van der Waals surface area (Å²) in [6.45, 7) is 3.14. The minimum Gasteiger partial charge on any atom is -0.384 e. The Kier molecular flexibility index (Phi) is 5.71. The van der Waals surface area contributed by atoms with Crippen LogP contribution in [0.15, 0.2) is 35.4 Å². The summed E-state index contributed by atoms with van der Waals surface area (Å²) < 4.78 is 51.9. The molecule has 29 heavy (non-hydrogen) atoms. The zero-order chi connectivity index (χ0) is 20.4. The molecule has 3 heterocycles. The van der Waals surface area contributed by atoms with Crippen molar-refractivity contribution in [2.24, 2.45) is 0 Å². The van der Waals surface area contributed by atoms with Crippen LogP contribution in [0.5, 0.6) is 0 Å². The summed E-state index contributed by atoms with van der Waals surface area (Å²) in [4.78, 5) is 6.19. The maximum atomic E-state index is 14.6. The van der Waals surface area contributed by atoms with Crippen molar-refractivity contribution in [3.63, 3.8) is 0 Å². The van der Waals surface area contributed by atoms with Crippen molar-refractivity contribution >= 4 is 21.3 Å². The third kappa shape index (κ3) is 4.22. The number of benzene rings is 1. The van der Waals surface area contributed by atoms with Gasteiger partial charge in [0.05, 0.1) is 30.0 Å². The Labute approximate surface area is 169 Å². The van der Waals surface area contributed by atoms with E-state index in [-0.39, 0.29) is 22.9 Å². The molecule has 0 amide bonds. The number of nitrogens with zero attached hydrogens (tertiary/aromatic N) is 2. The van der Waals surface area contributed by atoms with Gasteiger partial charge in [-0.15, -0.1) is 0 Å². The van der Waals surface area contributed by atoms with E-state index in [1.54, 1.807) is 12.1 Å². The number of halogens is 1. The number of pyridine rings is 1. The van der Waals surface area contributed by atoms with Gasteiger partial charge in [-0.2, -0.15) is 0 Å². The van der Waals surface area contributed by atoms with Gasteiger partial charge in [0.15, 0.2) is 9.84 Å². The summed E-state index contributed by atoms with van der Waals surface area (Å²) in [5.41, 5.74) is 6.95. The number of aromatic nitrogens is 1. The van der Waals surface area contributed by atoms with Crippen molar-refractivity contribution in [1.82, 2.24) is 4.98 Å². The van der Waals surface area contributed by atoms with E-state index in [2.05, 4.69) is 4.98 Å². The van der Waals surface area contributed by atoms with E-state index in [1.165, 1.54) is 12.3 Å². The van der Waals surface area contributed by atoms with Crippen LogP contribution in [0.3, 0.4) is 0 Å². The van der Waals surface area contributed by atoms with Gasteiger partial charge in [-0.05, 0) is 36.6 Å². The second-order valence-electron chi connectivity index (χ2n) is 7.29. The smallest absolute Gasteiger partial charge is 0.183 e. The normalized spacial score (nSPS) is 20.6. The fourth-order valence-electron chi connectivity index (χ4n) is 3.71. The molecule has 156 valence electrons. The van der Waals surface area contributed by atoms with Crippen LogP contribution in [0.1, 0.15) is 12.8 Å². The number of sulfone groups is 1. The second-order valence-corrected chi connectivity index (χ2v) is 9.52. The molecule has 0 bridgehead atoms. The Hall–Kier alpha value is -2.23. The summed E-state index contributed by atoms with van der Waals surface area (Å²) in [5, 5.41) is -0.599. The highest BCUT2D eigenvalue weighted by Crippen LogP contribution is 2.33. The van der Waals surface area contributed by atoms with Gasteiger partial charge in [0.2, 0.25) is 0 Å². The number of hydrogen-bond acceptors (Lipinski definition) is 7. The lowest BCUT2D eigenvalue weighted by Gasteiger charge is -2.30. The van der Waals surface area contributed by atoms with Crippen molar-refractivity contribution in [2.75, 3.05) is 50.2 Å². The van der Waals surface area contributed by atoms with Crippen molar-refractivity contribution in [3.05, 3.63) is 36.3 Å². The summed E-state index contributed by atoms with van der Waals surface area (Å²) in [6.07, 6.45) is 2.59. The number of ether oxygens (including phenoxy) is 2. The molecule has 0 aliphatic carbocycles. The first-order valence-corrected chi connectivity index (χ1v) is 11.2. The summed E-state index contributed by atoms with van der Waals surface area (Å²) in [7, 11) is -3.63. The quantitative estimate of drug-likeness (QED) is 0.809. The molecule has 0 unspecified atom stereocenters. The topological polar surface area (TPSA) is 94.8 Å². The Morgan fingerprint density at radius 1 is 1.10 bits per heavy atom. The Morgan fingerprint density at radius 2 is 1.90 bits per heavy atom. The van der Waals surface area contributed by atoms with E-state index in [9.17, 15) is 12.8 Å². The van der Waals surface area contributed by atoms with Crippen molar-refractivity contribution in [3.8, 4) is 11.1 Å². The van der Waals surface area contributed by atoms with E-state index in [0.717, 1.165) is 11.8 Å². The van der Waals surface area contributed by atoms with Gasteiger partial charge in [-0.1, -0.05) is 0 Å². The molecule has 1 aromatic carbocycles. The van der Waals surface area contributed by atoms with Gasteiger partial charge in [0.25, 0.3) is 0 Å². The van der Waals surface area contributed by atoms with E-state index < -0.39 is 20.9 Å². The van der Waals surface area contributed by atoms with E-state index in [1.807, 2.05) is 4.90 Å². The molecule has 9 heteroatoms. The van der Waals surface area contributed by atoms with Gasteiger partial charge >= 0.3 is 0 Å². The van der Waals surface area contributed by atoms with Crippen LogP contribution >= 0.6 is 0 Å². The van der Waals surface area contributed by atoms with Crippen molar-refractivity contribution in [2.45, 2.75) is 23.0 Å². The Bertz CT molecular complexity index is 987. The molecule has 2 aliphatic rings. The van der Waals surface area contributed by atoms with Crippen LogP contribution in [0.2, 0.25) is 0 Å².